The fourth-order valence-electron chi connectivity index (χ4n) is 2.66. The van der Waals surface area contributed by atoms with Gasteiger partial charge >= 0.3 is 0 Å². The normalized spacial score (nSPS) is 38.5. The van der Waals surface area contributed by atoms with Crippen molar-refractivity contribution in [2.75, 3.05) is 13.1 Å². The molecule has 2 heteroatoms. The summed E-state index contributed by atoms with van der Waals surface area (Å²) in [5.41, 5.74) is 0. The lowest BCUT2D eigenvalue weighted by molar-refractivity contribution is 0.116. The van der Waals surface area contributed by atoms with E-state index in [1.807, 2.05) is 0 Å². The number of hydrogen-bond acceptors (Lipinski definition) is 2. The fourth-order valence-corrected chi connectivity index (χ4v) is 2.66. The number of hydrogen-bond donors (Lipinski definition) is 1. The van der Waals surface area contributed by atoms with Gasteiger partial charge in [0.25, 0.3) is 0 Å². The van der Waals surface area contributed by atoms with Crippen LogP contribution in [0.3, 0.4) is 0 Å². The van der Waals surface area contributed by atoms with Crippen LogP contribution in [0.25, 0.3) is 0 Å². The predicted molar refractivity (Wildman–Crippen MR) is 46.7 cm³/mol. The zero-order valence-electron chi connectivity index (χ0n) is 7.51. The Kier molecular flexibility index (Phi) is 1.90. The Morgan fingerprint density at radius 3 is 2.09 bits per heavy atom. The third-order valence-corrected chi connectivity index (χ3v) is 3.03. The summed E-state index contributed by atoms with van der Waals surface area (Å²) in [5.74, 6) is 0. The topological polar surface area (TPSA) is 15.3 Å². The summed E-state index contributed by atoms with van der Waals surface area (Å²) in [7, 11) is 0. The molecule has 2 fully saturated rings. The van der Waals surface area contributed by atoms with Gasteiger partial charge in [-0.3, -0.25) is 4.90 Å². The van der Waals surface area contributed by atoms with Crippen LogP contribution in [-0.4, -0.2) is 36.1 Å². The average molecular weight is 154 g/mol. The fraction of sp³-hybridized carbons (Fsp3) is 1.00. The van der Waals surface area contributed by atoms with Crippen LogP contribution in [0.2, 0.25) is 0 Å². The summed E-state index contributed by atoms with van der Waals surface area (Å²) in [6.45, 7) is 7.07. The molecule has 2 saturated heterocycles. The lowest BCUT2D eigenvalue weighted by Gasteiger charge is -2.38. The van der Waals surface area contributed by atoms with E-state index in [-0.39, 0.29) is 0 Å². The molecule has 2 heterocycles. The second-order valence-corrected chi connectivity index (χ2v) is 4.08. The Morgan fingerprint density at radius 2 is 1.73 bits per heavy atom. The molecule has 0 aliphatic carbocycles. The van der Waals surface area contributed by atoms with Gasteiger partial charge in [-0.25, -0.2) is 0 Å². The number of nitrogens with zero attached hydrogens (tertiary/aromatic N) is 1. The van der Waals surface area contributed by atoms with Gasteiger partial charge in [-0.05, 0) is 26.7 Å². The molecule has 2 aliphatic rings. The van der Waals surface area contributed by atoms with Gasteiger partial charge in [0.1, 0.15) is 0 Å². The summed E-state index contributed by atoms with van der Waals surface area (Å²) >= 11 is 0. The van der Waals surface area contributed by atoms with Crippen molar-refractivity contribution in [3.05, 3.63) is 0 Å². The van der Waals surface area contributed by atoms with Crippen LogP contribution >= 0.6 is 0 Å². The summed E-state index contributed by atoms with van der Waals surface area (Å²) in [4.78, 5) is 2.69. The maximum absolute atomic E-state index is 3.49. The SMILES string of the molecule is CC(C)N1[C@H]2CC[C@H]1CNC2. The van der Waals surface area contributed by atoms with Crippen molar-refractivity contribution in [1.82, 2.24) is 10.2 Å². The van der Waals surface area contributed by atoms with Crippen LogP contribution in [0, 0.1) is 0 Å². The Hall–Kier alpha value is -0.0800. The molecular formula is C9H18N2. The molecule has 0 spiro atoms. The minimum atomic E-state index is 0.745. The van der Waals surface area contributed by atoms with Gasteiger partial charge in [0.2, 0.25) is 0 Å². The highest BCUT2D eigenvalue weighted by atomic mass is 15.3. The molecule has 2 aliphatic heterocycles. The summed E-state index contributed by atoms with van der Waals surface area (Å²) in [6.07, 6.45) is 2.83. The third-order valence-electron chi connectivity index (χ3n) is 3.03. The second kappa shape index (κ2) is 2.76. The molecule has 1 N–H and O–H groups in total. The molecule has 2 bridgehead atoms. The molecule has 0 radical (unpaired) electrons. The van der Waals surface area contributed by atoms with E-state index in [9.17, 15) is 0 Å². The summed E-state index contributed by atoms with van der Waals surface area (Å²) in [5, 5.41) is 3.49. The molecule has 64 valence electrons. The first-order valence-corrected chi connectivity index (χ1v) is 4.77. The molecule has 2 rings (SSSR count). The number of nitrogens with one attached hydrogen (secondary N) is 1. The molecule has 0 aromatic carbocycles. The van der Waals surface area contributed by atoms with E-state index in [0.717, 1.165) is 18.1 Å². The van der Waals surface area contributed by atoms with Gasteiger partial charge in [0, 0.05) is 31.2 Å². The largest absolute Gasteiger partial charge is 0.314 e. The Bertz CT molecular complexity index is 128. The van der Waals surface area contributed by atoms with Gasteiger partial charge in [-0.1, -0.05) is 0 Å². The standard InChI is InChI=1S/C9H18N2/c1-7(2)11-8-3-4-9(11)6-10-5-8/h7-10H,3-6H2,1-2H3/t8-,9-/m0/s1. The quantitative estimate of drug-likeness (QED) is 0.602. The first kappa shape index (κ1) is 7.56. The van der Waals surface area contributed by atoms with Crippen LogP contribution in [0.4, 0.5) is 0 Å². The average Bonchev–Trinajstić information content (AvgIpc) is 2.23. The highest BCUT2D eigenvalue weighted by Crippen LogP contribution is 2.28. The Labute approximate surface area is 69.0 Å². The molecule has 2 nitrogen and oxygen atoms in total. The van der Waals surface area contributed by atoms with Gasteiger partial charge in [0.05, 0.1) is 0 Å². The van der Waals surface area contributed by atoms with E-state index in [1.165, 1.54) is 25.9 Å². The van der Waals surface area contributed by atoms with E-state index < -0.39 is 0 Å². The van der Waals surface area contributed by atoms with Crippen molar-refractivity contribution in [3.8, 4) is 0 Å². The molecule has 11 heavy (non-hydrogen) atoms. The van der Waals surface area contributed by atoms with Gasteiger partial charge in [-0.15, -0.1) is 0 Å². The highest BCUT2D eigenvalue weighted by Gasteiger charge is 2.37. The monoisotopic (exact) mass is 154 g/mol. The minimum absolute atomic E-state index is 0.745. The highest BCUT2D eigenvalue weighted by molar-refractivity contribution is 4.95. The zero-order valence-corrected chi connectivity index (χ0v) is 7.51. The van der Waals surface area contributed by atoms with Crippen molar-refractivity contribution < 1.29 is 0 Å². The molecule has 0 aromatic rings. The van der Waals surface area contributed by atoms with E-state index in [0.29, 0.717) is 0 Å². The minimum Gasteiger partial charge on any atom is -0.314 e. The second-order valence-electron chi connectivity index (χ2n) is 4.08. The Morgan fingerprint density at radius 1 is 1.18 bits per heavy atom. The van der Waals surface area contributed by atoms with Crippen molar-refractivity contribution in [1.29, 1.82) is 0 Å². The van der Waals surface area contributed by atoms with Crippen molar-refractivity contribution in [3.63, 3.8) is 0 Å². The van der Waals surface area contributed by atoms with Crippen molar-refractivity contribution in [2.45, 2.75) is 44.8 Å². The predicted octanol–water partition coefficient (Wildman–Crippen LogP) is 0.831. The van der Waals surface area contributed by atoms with Crippen LogP contribution in [0.5, 0.6) is 0 Å². The van der Waals surface area contributed by atoms with E-state index >= 15 is 0 Å². The molecule has 0 amide bonds. The first-order valence-electron chi connectivity index (χ1n) is 4.77. The van der Waals surface area contributed by atoms with Crippen LogP contribution in [0.1, 0.15) is 26.7 Å². The molecule has 0 aromatic heterocycles. The molecule has 0 saturated carbocycles. The lowest BCUT2D eigenvalue weighted by atomic mass is 10.1. The first-order chi connectivity index (χ1) is 5.29. The Balaban J connectivity index is 2.09. The van der Waals surface area contributed by atoms with Crippen molar-refractivity contribution >= 4 is 0 Å². The summed E-state index contributed by atoms with van der Waals surface area (Å²) < 4.78 is 0. The molecule has 2 atom stereocenters. The third kappa shape index (κ3) is 1.18. The van der Waals surface area contributed by atoms with Crippen molar-refractivity contribution in [2.24, 2.45) is 0 Å². The smallest absolute Gasteiger partial charge is 0.0227 e. The molecular weight excluding hydrogens is 136 g/mol. The number of rotatable bonds is 1. The van der Waals surface area contributed by atoms with E-state index in [1.54, 1.807) is 0 Å². The van der Waals surface area contributed by atoms with Gasteiger partial charge < -0.3 is 5.32 Å². The number of piperazine rings is 1. The van der Waals surface area contributed by atoms with E-state index in [2.05, 4.69) is 24.1 Å². The van der Waals surface area contributed by atoms with E-state index in [4.69, 9.17) is 0 Å². The van der Waals surface area contributed by atoms with Gasteiger partial charge in [0.15, 0.2) is 0 Å². The maximum atomic E-state index is 3.49. The summed E-state index contributed by atoms with van der Waals surface area (Å²) in [6, 6.07) is 2.43. The zero-order chi connectivity index (χ0) is 7.84. The van der Waals surface area contributed by atoms with Gasteiger partial charge in [-0.2, -0.15) is 0 Å². The molecule has 0 unspecified atom stereocenters. The lowest BCUT2D eigenvalue weighted by Crippen LogP contribution is -2.54. The van der Waals surface area contributed by atoms with Crippen LogP contribution in [0.15, 0.2) is 0 Å². The van der Waals surface area contributed by atoms with Crippen LogP contribution < -0.4 is 5.32 Å². The van der Waals surface area contributed by atoms with Crippen LogP contribution in [-0.2, 0) is 0 Å². The maximum Gasteiger partial charge on any atom is 0.0227 e. The number of fused-ring (bicyclic) bond motifs is 2.